The first-order valence-corrected chi connectivity index (χ1v) is 8.30. The van der Waals surface area contributed by atoms with Crippen LogP contribution >= 0.6 is 0 Å². The molecule has 0 aliphatic rings. The molecule has 3 amide bonds. The molecule has 0 aromatic heterocycles. The van der Waals surface area contributed by atoms with Gasteiger partial charge in [0.1, 0.15) is 0 Å². The Hall–Kier alpha value is -2.41. The maximum atomic E-state index is 12.2. The number of nitrogens with zero attached hydrogens (tertiary/aromatic N) is 1. The minimum absolute atomic E-state index is 0.109. The molecule has 3 N–H and O–H groups in total. The highest BCUT2D eigenvalue weighted by atomic mass is 16.2. The Labute approximate surface area is 149 Å². The van der Waals surface area contributed by atoms with Crippen LogP contribution in [-0.2, 0) is 14.4 Å². The molecule has 1 aromatic carbocycles. The second-order valence-electron chi connectivity index (χ2n) is 6.91. The molecule has 0 aliphatic carbocycles. The molecule has 0 atom stereocenters. The number of carbonyl (C=O) groups excluding carboxylic acids is 3. The molecule has 1 aromatic rings. The Morgan fingerprint density at radius 2 is 1.40 bits per heavy atom. The van der Waals surface area contributed by atoms with Gasteiger partial charge in [0.15, 0.2) is 0 Å². The van der Waals surface area contributed by atoms with Gasteiger partial charge in [-0.1, -0.05) is 6.92 Å². The summed E-state index contributed by atoms with van der Waals surface area (Å²) in [5, 5.41) is 8.33. The molecule has 0 fully saturated rings. The lowest BCUT2D eigenvalue weighted by molar-refractivity contribution is -0.124. The van der Waals surface area contributed by atoms with E-state index in [1.54, 1.807) is 29.2 Å². The van der Waals surface area contributed by atoms with Gasteiger partial charge in [-0.3, -0.25) is 19.3 Å². The van der Waals surface area contributed by atoms with Gasteiger partial charge in [0, 0.05) is 23.8 Å². The average Bonchev–Trinajstić information content (AvgIpc) is 2.46. The van der Waals surface area contributed by atoms with Crippen LogP contribution in [0, 0.1) is 0 Å². The minimum Gasteiger partial charge on any atom is -0.350 e. The second-order valence-corrected chi connectivity index (χ2v) is 6.91. The summed E-state index contributed by atoms with van der Waals surface area (Å²) in [6.07, 6.45) is 0. The monoisotopic (exact) mass is 348 g/mol. The summed E-state index contributed by atoms with van der Waals surface area (Å²) in [6, 6.07) is 6.86. The highest BCUT2D eigenvalue weighted by Crippen LogP contribution is 2.13. The van der Waals surface area contributed by atoms with E-state index in [0.717, 1.165) is 0 Å². The van der Waals surface area contributed by atoms with Gasteiger partial charge in [0.2, 0.25) is 17.7 Å². The molecule has 0 bridgehead atoms. The Balaban J connectivity index is 2.53. The van der Waals surface area contributed by atoms with Crippen LogP contribution in [0.3, 0.4) is 0 Å². The van der Waals surface area contributed by atoms with Gasteiger partial charge in [0.05, 0.1) is 13.1 Å². The summed E-state index contributed by atoms with van der Waals surface area (Å²) < 4.78 is 0. The smallest absolute Gasteiger partial charge is 0.238 e. The molecule has 0 heterocycles. The quantitative estimate of drug-likeness (QED) is 0.701. The first-order chi connectivity index (χ1) is 11.6. The van der Waals surface area contributed by atoms with Gasteiger partial charge >= 0.3 is 0 Å². The number of hydrogen-bond acceptors (Lipinski definition) is 4. The van der Waals surface area contributed by atoms with Crippen molar-refractivity contribution in [1.82, 2.24) is 10.2 Å². The zero-order valence-electron chi connectivity index (χ0n) is 15.6. The molecule has 25 heavy (non-hydrogen) atoms. The number of benzene rings is 1. The van der Waals surface area contributed by atoms with Crippen molar-refractivity contribution in [1.29, 1.82) is 0 Å². The molecule has 7 nitrogen and oxygen atoms in total. The topological polar surface area (TPSA) is 90.5 Å². The molecule has 0 aliphatic heterocycles. The Bertz CT molecular complexity index is 606. The van der Waals surface area contributed by atoms with Crippen molar-refractivity contribution in [3.05, 3.63) is 24.3 Å². The van der Waals surface area contributed by atoms with Crippen LogP contribution < -0.4 is 16.0 Å². The largest absolute Gasteiger partial charge is 0.350 e. The zero-order valence-corrected chi connectivity index (χ0v) is 15.6. The summed E-state index contributed by atoms with van der Waals surface area (Å²) in [4.78, 5) is 36.9. The molecule has 0 saturated carbocycles. The number of likely N-dealkylation sites (N-methyl/N-ethyl adjacent to an activating group) is 1. The number of amides is 3. The summed E-state index contributed by atoms with van der Waals surface area (Å²) >= 11 is 0. The van der Waals surface area contributed by atoms with Gasteiger partial charge in [-0.15, -0.1) is 0 Å². The molecule has 1 rings (SSSR count). The maximum absolute atomic E-state index is 12.2. The Morgan fingerprint density at radius 1 is 0.920 bits per heavy atom. The summed E-state index contributed by atoms with van der Waals surface area (Å²) in [5.41, 5.74) is 1.00. The van der Waals surface area contributed by atoms with E-state index in [1.807, 2.05) is 27.7 Å². The van der Waals surface area contributed by atoms with Crippen LogP contribution in [-0.4, -0.2) is 47.8 Å². The number of nitrogens with one attached hydrogen (secondary N) is 3. The van der Waals surface area contributed by atoms with E-state index in [2.05, 4.69) is 16.0 Å². The van der Waals surface area contributed by atoms with Crippen LogP contribution in [0.15, 0.2) is 24.3 Å². The van der Waals surface area contributed by atoms with Gasteiger partial charge in [-0.25, -0.2) is 0 Å². The van der Waals surface area contributed by atoms with E-state index in [1.165, 1.54) is 6.92 Å². The van der Waals surface area contributed by atoms with Crippen molar-refractivity contribution in [2.45, 2.75) is 40.2 Å². The first kappa shape index (κ1) is 20.6. The fraction of sp³-hybridized carbons (Fsp3) is 0.500. The van der Waals surface area contributed by atoms with Crippen LogP contribution in [0.4, 0.5) is 11.4 Å². The van der Waals surface area contributed by atoms with Crippen molar-refractivity contribution >= 4 is 29.1 Å². The van der Waals surface area contributed by atoms with Crippen molar-refractivity contribution < 1.29 is 14.4 Å². The van der Waals surface area contributed by atoms with Crippen molar-refractivity contribution in [2.24, 2.45) is 0 Å². The van der Waals surface area contributed by atoms with E-state index < -0.39 is 0 Å². The van der Waals surface area contributed by atoms with Gasteiger partial charge in [-0.05, 0) is 51.6 Å². The van der Waals surface area contributed by atoms with Crippen LogP contribution in [0.25, 0.3) is 0 Å². The third kappa shape index (κ3) is 8.85. The second kappa shape index (κ2) is 9.17. The van der Waals surface area contributed by atoms with Crippen LogP contribution in [0.1, 0.15) is 34.6 Å². The number of anilines is 2. The third-order valence-corrected chi connectivity index (χ3v) is 3.19. The zero-order chi connectivity index (χ0) is 19.0. The fourth-order valence-corrected chi connectivity index (χ4v) is 2.18. The van der Waals surface area contributed by atoms with E-state index in [0.29, 0.717) is 17.9 Å². The van der Waals surface area contributed by atoms with E-state index in [4.69, 9.17) is 0 Å². The number of hydrogen-bond donors (Lipinski definition) is 3. The molecule has 138 valence electrons. The lowest BCUT2D eigenvalue weighted by atomic mass is 10.1. The number of rotatable bonds is 7. The molecule has 0 unspecified atom stereocenters. The lowest BCUT2D eigenvalue weighted by Gasteiger charge is -2.24. The number of carbonyl (C=O) groups is 3. The minimum atomic E-state index is -0.297. The molecular formula is C18H28N4O3. The summed E-state index contributed by atoms with van der Waals surface area (Å²) in [7, 11) is 0. The molecule has 7 heteroatoms. The Kier molecular flexibility index (Phi) is 7.57. The Morgan fingerprint density at radius 3 is 1.84 bits per heavy atom. The third-order valence-electron chi connectivity index (χ3n) is 3.19. The predicted molar refractivity (Wildman–Crippen MR) is 99.4 cm³/mol. The normalized spacial score (nSPS) is 11.1. The van der Waals surface area contributed by atoms with Crippen LogP contribution in [0.5, 0.6) is 0 Å². The van der Waals surface area contributed by atoms with E-state index in [9.17, 15) is 14.4 Å². The van der Waals surface area contributed by atoms with E-state index >= 15 is 0 Å². The van der Waals surface area contributed by atoms with Crippen LogP contribution in [0.2, 0.25) is 0 Å². The molecule has 0 radical (unpaired) electrons. The fourth-order valence-electron chi connectivity index (χ4n) is 2.18. The molecular weight excluding hydrogens is 320 g/mol. The van der Waals surface area contributed by atoms with Crippen molar-refractivity contribution in [3.63, 3.8) is 0 Å². The van der Waals surface area contributed by atoms with Gasteiger partial charge < -0.3 is 16.0 Å². The SMILES string of the molecule is CCN(CC(=O)Nc1ccc(NC(C)=O)cc1)CC(=O)NC(C)(C)C. The highest BCUT2D eigenvalue weighted by molar-refractivity contribution is 5.93. The van der Waals surface area contributed by atoms with Crippen molar-refractivity contribution in [2.75, 3.05) is 30.3 Å². The lowest BCUT2D eigenvalue weighted by Crippen LogP contribution is -2.47. The van der Waals surface area contributed by atoms with Gasteiger partial charge in [0.25, 0.3) is 0 Å². The standard InChI is InChI=1S/C18H28N4O3/c1-6-22(12-17(25)21-18(3,4)5)11-16(24)20-15-9-7-14(8-10-15)19-13(2)23/h7-10H,6,11-12H2,1-5H3,(H,19,23)(H,20,24)(H,21,25). The average molecular weight is 348 g/mol. The molecule has 0 spiro atoms. The molecule has 0 saturated heterocycles. The van der Waals surface area contributed by atoms with Gasteiger partial charge in [-0.2, -0.15) is 0 Å². The highest BCUT2D eigenvalue weighted by Gasteiger charge is 2.17. The van der Waals surface area contributed by atoms with E-state index in [-0.39, 0.29) is 36.3 Å². The summed E-state index contributed by atoms with van der Waals surface area (Å²) in [5.74, 6) is -0.455. The van der Waals surface area contributed by atoms with Crippen molar-refractivity contribution in [3.8, 4) is 0 Å². The summed E-state index contributed by atoms with van der Waals surface area (Å²) in [6.45, 7) is 9.97. The first-order valence-electron chi connectivity index (χ1n) is 8.30. The maximum Gasteiger partial charge on any atom is 0.238 e. The predicted octanol–water partition coefficient (Wildman–Crippen LogP) is 1.82.